The van der Waals surface area contributed by atoms with Crippen molar-refractivity contribution in [1.82, 2.24) is 9.80 Å². The second kappa shape index (κ2) is 6.21. The molecule has 1 unspecified atom stereocenters. The molecule has 0 aromatic heterocycles. The lowest BCUT2D eigenvalue weighted by molar-refractivity contribution is -0.138. The first-order valence-electron chi connectivity index (χ1n) is 9.10. The molecule has 3 aliphatic rings. The van der Waals surface area contributed by atoms with Gasteiger partial charge < -0.3 is 9.80 Å². The number of hydrogen-bond acceptors (Lipinski definition) is 2. The third kappa shape index (κ3) is 3.02. The molecule has 3 rings (SSSR count). The Labute approximate surface area is 134 Å². The third-order valence-electron chi connectivity index (χ3n) is 5.94. The van der Waals surface area contributed by atoms with Crippen molar-refractivity contribution in [3.05, 3.63) is 0 Å². The molecule has 1 aliphatic carbocycles. The first-order valence-corrected chi connectivity index (χ1v) is 9.10. The molecule has 2 aliphatic heterocycles. The number of rotatable bonds is 2. The van der Waals surface area contributed by atoms with E-state index in [1.54, 1.807) is 0 Å². The number of carbonyl (C=O) groups excluding carboxylic acids is 2. The lowest BCUT2D eigenvalue weighted by atomic mass is 9.99. The molecule has 2 amide bonds. The van der Waals surface area contributed by atoms with Crippen LogP contribution < -0.4 is 0 Å². The Bertz CT molecular complexity index is 438. The van der Waals surface area contributed by atoms with Crippen molar-refractivity contribution in [3.8, 4) is 0 Å². The maximum atomic E-state index is 12.9. The van der Waals surface area contributed by atoms with E-state index in [4.69, 9.17) is 0 Å². The fourth-order valence-corrected chi connectivity index (χ4v) is 4.56. The Morgan fingerprint density at radius 1 is 1.09 bits per heavy atom. The second-order valence-electron chi connectivity index (χ2n) is 8.00. The highest BCUT2D eigenvalue weighted by molar-refractivity contribution is 5.89. The molecule has 0 aromatic carbocycles. The zero-order chi connectivity index (χ0) is 15.7. The maximum Gasteiger partial charge on any atom is 0.228 e. The number of likely N-dealkylation sites (tertiary alicyclic amines) is 2. The number of amides is 2. The van der Waals surface area contributed by atoms with Gasteiger partial charge in [-0.2, -0.15) is 0 Å². The molecule has 0 aromatic rings. The minimum Gasteiger partial charge on any atom is -0.339 e. The van der Waals surface area contributed by atoms with Crippen molar-refractivity contribution in [2.75, 3.05) is 13.1 Å². The Balaban J connectivity index is 1.65. The van der Waals surface area contributed by atoms with Gasteiger partial charge in [-0.1, -0.05) is 25.7 Å². The average Bonchev–Trinajstić information content (AvgIpc) is 2.90. The quantitative estimate of drug-likeness (QED) is 0.736. The van der Waals surface area contributed by atoms with Crippen molar-refractivity contribution >= 4 is 11.8 Å². The van der Waals surface area contributed by atoms with Gasteiger partial charge in [0.15, 0.2) is 0 Å². The molecule has 2 saturated heterocycles. The van der Waals surface area contributed by atoms with Crippen LogP contribution in [0.3, 0.4) is 0 Å². The van der Waals surface area contributed by atoms with Crippen LogP contribution >= 0.6 is 0 Å². The summed E-state index contributed by atoms with van der Waals surface area (Å²) in [7, 11) is 0. The number of carbonyl (C=O) groups is 2. The van der Waals surface area contributed by atoms with Crippen LogP contribution in [0.1, 0.15) is 71.6 Å². The van der Waals surface area contributed by atoms with Crippen molar-refractivity contribution in [2.24, 2.45) is 5.92 Å². The summed E-state index contributed by atoms with van der Waals surface area (Å²) in [6.45, 7) is 5.82. The Kier molecular flexibility index (Phi) is 4.47. The molecule has 124 valence electrons. The van der Waals surface area contributed by atoms with Crippen molar-refractivity contribution in [3.63, 3.8) is 0 Å². The summed E-state index contributed by atoms with van der Waals surface area (Å²) in [6, 6.07) is 0.388. The summed E-state index contributed by atoms with van der Waals surface area (Å²) in [5.41, 5.74) is -0.0319. The highest BCUT2D eigenvalue weighted by Crippen LogP contribution is 2.33. The highest BCUT2D eigenvalue weighted by atomic mass is 16.2. The van der Waals surface area contributed by atoms with Gasteiger partial charge in [-0.15, -0.1) is 0 Å². The van der Waals surface area contributed by atoms with Gasteiger partial charge >= 0.3 is 0 Å². The van der Waals surface area contributed by atoms with Crippen LogP contribution in [-0.4, -0.2) is 46.3 Å². The monoisotopic (exact) mass is 306 g/mol. The van der Waals surface area contributed by atoms with E-state index < -0.39 is 0 Å². The normalized spacial score (nSPS) is 29.9. The molecule has 0 N–H and O–H groups in total. The lowest BCUT2D eigenvalue weighted by Crippen LogP contribution is -2.46. The standard InChI is InChI=1S/C18H30N2O2/c1-18(2)10-7-11-20(18)17(22)14-12-16(21)19(13-14)15-8-5-3-4-6-9-15/h14-15H,3-13H2,1-2H3. The first-order chi connectivity index (χ1) is 10.5. The van der Waals surface area contributed by atoms with E-state index >= 15 is 0 Å². The van der Waals surface area contributed by atoms with Gasteiger partial charge in [-0.25, -0.2) is 0 Å². The lowest BCUT2D eigenvalue weighted by Gasteiger charge is -2.34. The Hall–Kier alpha value is -1.06. The van der Waals surface area contributed by atoms with Gasteiger partial charge in [0, 0.05) is 31.1 Å². The van der Waals surface area contributed by atoms with E-state index in [1.807, 2.05) is 9.80 Å². The minimum atomic E-state index is -0.104. The van der Waals surface area contributed by atoms with Gasteiger partial charge in [0.1, 0.15) is 0 Å². The van der Waals surface area contributed by atoms with E-state index in [2.05, 4.69) is 13.8 Å². The van der Waals surface area contributed by atoms with Crippen LogP contribution in [0.15, 0.2) is 0 Å². The largest absolute Gasteiger partial charge is 0.339 e. The predicted octanol–water partition coefficient (Wildman–Crippen LogP) is 2.96. The zero-order valence-electron chi connectivity index (χ0n) is 14.1. The van der Waals surface area contributed by atoms with Gasteiger partial charge in [-0.3, -0.25) is 9.59 Å². The third-order valence-corrected chi connectivity index (χ3v) is 5.94. The highest BCUT2D eigenvalue weighted by Gasteiger charge is 2.43. The summed E-state index contributed by atoms with van der Waals surface area (Å²) in [5.74, 6) is 0.322. The van der Waals surface area contributed by atoms with E-state index in [0.717, 1.165) is 32.2 Å². The fraction of sp³-hybridized carbons (Fsp3) is 0.889. The molecule has 2 heterocycles. The van der Waals surface area contributed by atoms with Crippen LogP contribution in [0.2, 0.25) is 0 Å². The van der Waals surface area contributed by atoms with Crippen LogP contribution in [0.4, 0.5) is 0 Å². The van der Waals surface area contributed by atoms with E-state index in [1.165, 1.54) is 25.7 Å². The topological polar surface area (TPSA) is 40.6 Å². The summed E-state index contributed by atoms with van der Waals surface area (Å²) in [6.07, 6.45) is 9.90. The van der Waals surface area contributed by atoms with Crippen LogP contribution in [0.5, 0.6) is 0 Å². The van der Waals surface area contributed by atoms with Crippen molar-refractivity contribution in [1.29, 1.82) is 0 Å². The molecule has 4 nitrogen and oxygen atoms in total. The first kappa shape index (κ1) is 15.8. The molecular formula is C18H30N2O2. The molecule has 3 fully saturated rings. The molecule has 0 spiro atoms. The molecule has 0 radical (unpaired) electrons. The summed E-state index contributed by atoms with van der Waals surface area (Å²) < 4.78 is 0. The number of hydrogen-bond donors (Lipinski definition) is 0. The van der Waals surface area contributed by atoms with Crippen LogP contribution in [-0.2, 0) is 9.59 Å². The molecular weight excluding hydrogens is 276 g/mol. The van der Waals surface area contributed by atoms with Crippen LogP contribution in [0.25, 0.3) is 0 Å². The van der Waals surface area contributed by atoms with E-state index in [9.17, 15) is 9.59 Å². The summed E-state index contributed by atoms with van der Waals surface area (Å²) in [5, 5.41) is 0. The average molecular weight is 306 g/mol. The maximum absolute atomic E-state index is 12.9. The van der Waals surface area contributed by atoms with E-state index in [0.29, 0.717) is 19.0 Å². The molecule has 4 heteroatoms. The Morgan fingerprint density at radius 3 is 2.36 bits per heavy atom. The fourth-order valence-electron chi connectivity index (χ4n) is 4.56. The predicted molar refractivity (Wildman–Crippen MR) is 86.3 cm³/mol. The molecule has 22 heavy (non-hydrogen) atoms. The second-order valence-corrected chi connectivity index (χ2v) is 8.00. The van der Waals surface area contributed by atoms with E-state index in [-0.39, 0.29) is 23.3 Å². The Morgan fingerprint density at radius 2 is 1.77 bits per heavy atom. The summed E-state index contributed by atoms with van der Waals surface area (Å²) >= 11 is 0. The van der Waals surface area contributed by atoms with Gasteiger partial charge in [0.05, 0.1) is 5.92 Å². The number of nitrogens with zero attached hydrogens (tertiary/aromatic N) is 2. The van der Waals surface area contributed by atoms with Gasteiger partial charge in [0.2, 0.25) is 11.8 Å². The molecule has 0 bridgehead atoms. The SMILES string of the molecule is CC1(C)CCCN1C(=O)C1CC(=O)N(C2CCCCCC2)C1. The van der Waals surface area contributed by atoms with Gasteiger partial charge in [0.25, 0.3) is 0 Å². The minimum absolute atomic E-state index is 0.0319. The smallest absolute Gasteiger partial charge is 0.228 e. The molecule has 1 saturated carbocycles. The van der Waals surface area contributed by atoms with Crippen LogP contribution in [0, 0.1) is 5.92 Å². The van der Waals surface area contributed by atoms with Crippen molar-refractivity contribution < 1.29 is 9.59 Å². The molecule has 1 atom stereocenters. The van der Waals surface area contributed by atoms with Crippen molar-refractivity contribution in [2.45, 2.75) is 83.2 Å². The van der Waals surface area contributed by atoms with Gasteiger partial charge in [-0.05, 0) is 39.5 Å². The summed E-state index contributed by atoms with van der Waals surface area (Å²) in [4.78, 5) is 29.4. The zero-order valence-corrected chi connectivity index (χ0v) is 14.1.